The lowest BCUT2D eigenvalue weighted by molar-refractivity contribution is 0.0905. The molecular formula is C17H13NO. The normalized spacial score (nSPS) is 20.0. The summed E-state index contributed by atoms with van der Waals surface area (Å²) < 4.78 is 0. The van der Waals surface area contributed by atoms with E-state index >= 15 is 0 Å². The molecular weight excluding hydrogens is 234 g/mol. The molecule has 0 aromatic heterocycles. The van der Waals surface area contributed by atoms with Crippen molar-refractivity contribution in [3.05, 3.63) is 70.8 Å². The molecule has 2 aromatic carbocycles. The smallest absolute Gasteiger partial charge is 0.187 e. The Kier molecular flexibility index (Phi) is 2.50. The molecule has 0 spiro atoms. The number of hydrogen-bond donors (Lipinski definition) is 0. The monoisotopic (exact) mass is 247 g/mol. The molecule has 92 valence electrons. The molecule has 2 heteroatoms. The van der Waals surface area contributed by atoms with Gasteiger partial charge in [-0.2, -0.15) is 5.26 Å². The van der Waals surface area contributed by atoms with Crippen molar-refractivity contribution in [3.63, 3.8) is 0 Å². The van der Waals surface area contributed by atoms with Crippen LogP contribution in [0.5, 0.6) is 0 Å². The van der Waals surface area contributed by atoms with Gasteiger partial charge in [0.25, 0.3) is 0 Å². The number of hydrogen-bond acceptors (Lipinski definition) is 2. The molecule has 0 amide bonds. The molecule has 0 radical (unpaired) electrons. The zero-order valence-electron chi connectivity index (χ0n) is 10.7. The molecule has 1 aliphatic rings. The van der Waals surface area contributed by atoms with Gasteiger partial charge in [-0.05, 0) is 18.1 Å². The van der Waals surface area contributed by atoms with Gasteiger partial charge in [-0.3, -0.25) is 4.79 Å². The summed E-state index contributed by atoms with van der Waals surface area (Å²) in [6.07, 6.45) is 0.520. The van der Waals surface area contributed by atoms with Crippen LogP contribution in [0.2, 0.25) is 0 Å². The molecule has 2 nitrogen and oxygen atoms in total. The van der Waals surface area contributed by atoms with E-state index in [1.165, 1.54) is 0 Å². The highest BCUT2D eigenvalue weighted by atomic mass is 16.1. The Morgan fingerprint density at radius 3 is 2.47 bits per heavy atom. The Labute approximate surface area is 112 Å². The second-order valence-corrected chi connectivity index (χ2v) is 5.05. The van der Waals surface area contributed by atoms with Gasteiger partial charge in [-0.25, -0.2) is 0 Å². The van der Waals surface area contributed by atoms with E-state index in [-0.39, 0.29) is 5.78 Å². The summed E-state index contributed by atoms with van der Waals surface area (Å²) in [5, 5.41) is 9.50. The summed E-state index contributed by atoms with van der Waals surface area (Å²) in [4.78, 5) is 12.6. The standard InChI is InChI=1S/C17H13NO/c1-12-6-8-13(9-7-12)16(19)17(11-18)10-14-4-2-3-5-15(14)17/h2-9H,10H2,1H3. The van der Waals surface area contributed by atoms with Gasteiger partial charge in [-0.1, -0.05) is 54.1 Å². The molecule has 19 heavy (non-hydrogen) atoms. The Hall–Kier alpha value is -2.40. The molecule has 0 saturated heterocycles. The van der Waals surface area contributed by atoms with E-state index in [1.807, 2.05) is 43.3 Å². The SMILES string of the molecule is Cc1ccc(C(=O)C2(C#N)Cc3ccccc32)cc1. The number of fused-ring (bicyclic) bond motifs is 1. The summed E-state index contributed by atoms with van der Waals surface area (Å²) in [5.74, 6) is -0.0892. The minimum absolute atomic E-state index is 0.0892. The number of carbonyl (C=O) groups is 1. The molecule has 0 bridgehead atoms. The van der Waals surface area contributed by atoms with Gasteiger partial charge < -0.3 is 0 Å². The van der Waals surface area contributed by atoms with Gasteiger partial charge in [0.2, 0.25) is 0 Å². The summed E-state index contributed by atoms with van der Waals surface area (Å²) in [5.41, 5.74) is 2.71. The van der Waals surface area contributed by atoms with E-state index in [0.717, 1.165) is 16.7 Å². The van der Waals surface area contributed by atoms with Crippen LogP contribution < -0.4 is 0 Å². The Morgan fingerprint density at radius 1 is 1.16 bits per heavy atom. The summed E-state index contributed by atoms with van der Waals surface area (Å²) in [6, 6.07) is 17.3. The lowest BCUT2D eigenvalue weighted by Gasteiger charge is -2.36. The number of carbonyl (C=O) groups excluding carboxylic acids is 1. The number of ketones is 1. The molecule has 2 aromatic rings. The summed E-state index contributed by atoms with van der Waals surface area (Å²) >= 11 is 0. The van der Waals surface area contributed by atoms with Crippen LogP contribution in [-0.2, 0) is 11.8 Å². The van der Waals surface area contributed by atoms with Gasteiger partial charge in [-0.15, -0.1) is 0 Å². The molecule has 0 fully saturated rings. The van der Waals surface area contributed by atoms with Crippen LogP contribution in [0.3, 0.4) is 0 Å². The molecule has 3 rings (SSSR count). The van der Waals surface area contributed by atoms with Crippen molar-refractivity contribution in [1.82, 2.24) is 0 Å². The first-order valence-corrected chi connectivity index (χ1v) is 6.28. The average molecular weight is 247 g/mol. The fourth-order valence-electron chi connectivity index (χ4n) is 2.67. The third kappa shape index (κ3) is 1.59. The van der Waals surface area contributed by atoms with Crippen LogP contribution in [0.15, 0.2) is 48.5 Å². The molecule has 1 aliphatic carbocycles. The highest BCUT2D eigenvalue weighted by Crippen LogP contribution is 2.42. The van der Waals surface area contributed by atoms with Crippen molar-refractivity contribution in [1.29, 1.82) is 5.26 Å². The highest BCUT2D eigenvalue weighted by molar-refractivity contribution is 6.08. The first-order chi connectivity index (χ1) is 9.17. The molecule has 0 N–H and O–H groups in total. The molecule has 1 unspecified atom stereocenters. The number of nitrogens with zero attached hydrogens (tertiary/aromatic N) is 1. The van der Waals surface area contributed by atoms with E-state index in [9.17, 15) is 10.1 Å². The average Bonchev–Trinajstić information content (AvgIpc) is 2.41. The van der Waals surface area contributed by atoms with E-state index in [1.54, 1.807) is 12.1 Å². The molecule has 0 heterocycles. The molecule has 1 atom stereocenters. The quantitative estimate of drug-likeness (QED) is 0.765. The summed E-state index contributed by atoms with van der Waals surface area (Å²) in [7, 11) is 0. The predicted molar refractivity (Wildman–Crippen MR) is 72.9 cm³/mol. The first-order valence-electron chi connectivity index (χ1n) is 6.28. The van der Waals surface area contributed by atoms with Crippen LogP contribution in [0, 0.1) is 18.3 Å². The van der Waals surface area contributed by atoms with Gasteiger partial charge in [0.1, 0.15) is 5.41 Å². The van der Waals surface area contributed by atoms with Crippen molar-refractivity contribution in [2.24, 2.45) is 0 Å². The highest BCUT2D eigenvalue weighted by Gasteiger charge is 2.49. The van der Waals surface area contributed by atoms with Crippen molar-refractivity contribution >= 4 is 5.78 Å². The fourth-order valence-corrected chi connectivity index (χ4v) is 2.67. The molecule has 0 aliphatic heterocycles. The topological polar surface area (TPSA) is 40.9 Å². The zero-order valence-corrected chi connectivity index (χ0v) is 10.7. The Bertz CT molecular complexity index is 694. The maximum absolute atomic E-state index is 12.6. The largest absolute Gasteiger partial charge is 0.292 e. The van der Waals surface area contributed by atoms with E-state index in [2.05, 4.69) is 6.07 Å². The van der Waals surface area contributed by atoms with Crippen LogP contribution in [-0.4, -0.2) is 5.78 Å². The fraction of sp³-hybridized carbons (Fsp3) is 0.176. The maximum Gasteiger partial charge on any atom is 0.187 e. The van der Waals surface area contributed by atoms with Crippen LogP contribution >= 0.6 is 0 Å². The second kappa shape index (κ2) is 4.07. The van der Waals surface area contributed by atoms with E-state index < -0.39 is 5.41 Å². The van der Waals surface area contributed by atoms with E-state index in [0.29, 0.717) is 12.0 Å². The van der Waals surface area contributed by atoms with Gasteiger partial charge >= 0.3 is 0 Å². The lowest BCUT2D eigenvalue weighted by Crippen LogP contribution is -2.44. The number of nitriles is 1. The maximum atomic E-state index is 12.6. The molecule has 0 saturated carbocycles. The number of aryl methyl sites for hydroxylation is 1. The van der Waals surface area contributed by atoms with Gasteiger partial charge in [0.05, 0.1) is 6.07 Å². The van der Waals surface area contributed by atoms with E-state index in [4.69, 9.17) is 0 Å². The first kappa shape index (κ1) is 11.7. The minimum atomic E-state index is -0.980. The Balaban J connectivity index is 2.05. The second-order valence-electron chi connectivity index (χ2n) is 5.05. The Morgan fingerprint density at radius 2 is 1.84 bits per heavy atom. The number of rotatable bonds is 2. The lowest BCUT2D eigenvalue weighted by atomic mass is 9.61. The van der Waals surface area contributed by atoms with Gasteiger partial charge in [0.15, 0.2) is 5.78 Å². The number of Topliss-reactive ketones (excluding diaryl/α,β-unsaturated/α-hetero) is 1. The minimum Gasteiger partial charge on any atom is -0.292 e. The number of benzene rings is 2. The van der Waals surface area contributed by atoms with Crippen molar-refractivity contribution in [3.8, 4) is 6.07 Å². The van der Waals surface area contributed by atoms with Crippen molar-refractivity contribution in [2.75, 3.05) is 0 Å². The zero-order chi connectivity index (χ0) is 13.5. The van der Waals surface area contributed by atoms with Crippen LogP contribution in [0.1, 0.15) is 27.0 Å². The van der Waals surface area contributed by atoms with Crippen molar-refractivity contribution in [2.45, 2.75) is 18.8 Å². The summed E-state index contributed by atoms with van der Waals surface area (Å²) in [6.45, 7) is 1.98. The third-order valence-corrected chi connectivity index (χ3v) is 3.83. The predicted octanol–water partition coefficient (Wildman–Crippen LogP) is 3.20. The third-order valence-electron chi connectivity index (χ3n) is 3.83. The van der Waals surface area contributed by atoms with Crippen molar-refractivity contribution < 1.29 is 4.79 Å². The van der Waals surface area contributed by atoms with Crippen LogP contribution in [0.4, 0.5) is 0 Å². The van der Waals surface area contributed by atoms with Crippen LogP contribution in [0.25, 0.3) is 0 Å². The van der Waals surface area contributed by atoms with Gasteiger partial charge in [0, 0.05) is 12.0 Å².